The third kappa shape index (κ3) is 3.22. The van der Waals surface area contributed by atoms with E-state index in [-0.39, 0.29) is 30.2 Å². The summed E-state index contributed by atoms with van der Waals surface area (Å²) in [5.74, 6) is -0.510. The van der Waals surface area contributed by atoms with E-state index in [0.717, 1.165) is 0 Å². The minimum atomic E-state index is -0.202. The average Bonchev–Trinajstić information content (AvgIpc) is 2.28. The van der Waals surface area contributed by atoms with Crippen molar-refractivity contribution in [2.45, 2.75) is 12.8 Å². The summed E-state index contributed by atoms with van der Waals surface area (Å²) in [5, 5.41) is 5.11. The van der Waals surface area contributed by atoms with Gasteiger partial charge in [0.1, 0.15) is 0 Å². The van der Waals surface area contributed by atoms with Crippen LogP contribution in [0.15, 0.2) is 0 Å². The zero-order chi connectivity index (χ0) is 12.1. The van der Waals surface area contributed by atoms with Crippen LogP contribution in [-0.4, -0.2) is 49.8 Å². The molecule has 1 heterocycles. The van der Waals surface area contributed by atoms with E-state index in [1.165, 1.54) is 11.9 Å². The number of piperidine rings is 1. The molecule has 0 spiro atoms. The highest BCUT2D eigenvalue weighted by Gasteiger charge is 2.27. The molecule has 6 heteroatoms. The van der Waals surface area contributed by atoms with Crippen LogP contribution in [0.4, 0.5) is 0 Å². The van der Waals surface area contributed by atoms with Gasteiger partial charge in [-0.3, -0.25) is 14.4 Å². The minimum Gasteiger partial charge on any atom is -0.358 e. The van der Waals surface area contributed by atoms with E-state index in [4.69, 9.17) is 0 Å². The first-order chi connectivity index (χ1) is 7.54. The standard InChI is InChI=1S/C10H17N3O3/c1-11-9(15)6-13(2)10(16)7-3-4-8(14)12-5-7/h7H,3-6H2,1-2H3,(H,11,15)(H,12,14). The fourth-order valence-electron chi connectivity index (χ4n) is 1.63. The molecule has 0 aromatic carbocycles. The van der Waals surface area contributed by atoms with E-state index in [9.17, 15) is 14.4 Å². The molecule has 1 saturated heterocycles. The second-order valence-corrected chi connectivity index (χ2v) is 3.91. The highest BCUT2D eigenvalue weighted by molar-refractivity contribution is 5.87. The Morgan fingerprint density at radius 1 is 1.56 bits per heavy atom. The minimum absolute atomic E-state index is 0.0157. The summed E-state index contributed by atoms with van der Waals surface area (Å²) in [6.45, 7) is 0.426. The summed E-state index contributed by atoms with van der Waals surface area (Å²) in [4.78, 5) is 35.3. The fourth-order valence-corrected chi connectivity index (χ4v) is 1.63. The largest absolute Gasteiger partial charge is 0.358 e. The van der Waals surface area contributed by atoms with Crippen LogP contribution in [0, 0.1) is 5.92 Å². The van der Waals surface area contributed by atoms with Crippen LogP contribution in [0.5, 0.6) is 0 Å². The van der Waals surface area contributed by atoms with Crippen molar-refractivity contribution in [3.63, 3.8) is 0 Å². The topological polar surface area (TPSA) is 78.5 Å². The van der Waals surface area contributed by atoms with Crippen molar-refractivity contribution in [2.24, 2.45) is 5.92 Å². The molecule has 6 nitrogen and oxygen atoms in total. The maximum atomic E-state index is 11.9. The van der Waals surface area contributed by atoms with Crippen LogP contribution in [0.25, 0.3) is 0 Å². The van der Waals surface area contributed by atoms with Gasteiger partial charge in [0.05, 0.1) is 12.5 Å². The van der Waals surface area contributed by atoms with Crippen molar-refractivity contribution < 1.29 is 14.4 Å². The molecule has 90 valence electrons. The van der Waals surface area contributed by atoms with Gasteiger partial charge in [0.2, 0.25) is 17.7 Å². The Morgan fingerprint density at radius 2 is 2.25 bits per heavy atom. The smallest absolute Gasteiger partial charge is 0.239 e. The van der Waals surface area contributed by atoms with E-state index in [1.54, 1.807) is 7.05 Å². The molecule has 0 radical (unpaired) electrons. The highest BCUT2D eigenvalue weighted by Crippen LogP contribution is 2.13. The summed E-state index contributed by atoms with van der Waals surface area (Å²) in [6, 6.07) is 0. The van der Waals surface area contributed by atoms with Crippen LogP contribution < -0.4 is 10.6 Å². The Labute approximate surface area is 94.4 Å². The van der Waals surface area contributed by atoms with Crippen molar-refractivity contribution in [3.8, 4) is 0 Å². The summed E-state index contributed by atoms with van der Waals surface area (Å²) < 4.78 is 0. The van der Waals surface area contributed by atoms with Gasteiger partial charge >= 0.3 is 0 Å². The Kier molecular flexibility index (Phi) is 4.28. The molecular weight excluding hydrogens is 210 g/mol. The first kappa shape index (κ1) is 12.5. The van der Waals surface area contributed by atoms with Crippen molar-refractivity contribution in [2.75, 3.05) is 27.2 Å². The third-order valence-electron chi connectivity index (χ3n) is 2.65. The zero-order valence-corrected chi connectivity index (χ0v) is 9.58. The number of carbonyl (C=O) groups is 3. The van der Waals surface area contributed by atoms with E-state index < -0.39 is 0 Å². The predicted molar refractivity (Wildman–Crippen MR) is 57.4 cm³/mol. The number of hydrogen-bond donors (Lipinski definition) is 2. The Hall–Kier alpha value is -1.59. The number of amides is 3. The molecule has 3 amide bonds. The van der Waals surface area contributed by atoms with E-state index in [0.29, 0.717) is 19.4 Å². The van der Waals surface area contributed by atoms with Crippen LogP contribution in [-0.2, 0) is 14.4 Å². The molecule has 2 N–H and O–H groups in total. The number of nitrogens with zero attached hydrogens (tertiary/aromatic N) is 1. The van der Waals surface area contributed by atoms with Crippen molar-refractivity contribution >= 4 is 17.7 Å². The van der Waals surface area contributed by atoms with Crippen molar-refractivity contribution in [1.29, 1.82) is 0 Å². The molecule has 1 fully saturated rings. The first-order valence-electron chi connectivity index (χ1n) is 5.27. The summed E-state index contributed by atoms with van der Waals surface area (Å²) in [7, 11) is 3.12. The van der Waals surface area contributed by atoms with Crippen LogP contribution in [0.2, 0.25) is 0 Å². The normalized spacial score (nSPS) is 19.9. The molecular formula is C10H17N3O3. The molecule has 0 aromatic heterocycles. The lowest BCUT2D eigenvalue weighted by molar-refractivity contribution is -0.139. The molecule has 1 aliphatic rings. The molecule has 16 heavy (non-hydrogen) atoms. The molecule has 1 aliphatic heterocycles. The highest BCUT2D eigenvalue weighted by atomic mass is 16.2. The lowest BCUT2D eigenvalue weighted by Gasteiger charge is -2.26. The molecule has 0 aliphatic carbocycles. The molecule has 1 atom stereocenters. The molecule has 1 unspecified atom stereocenters. The van der Waals surface area contributed by atoms with E-state index in [1.807, 2.05) is 0 Å². The fraction of sp³-hybridized carbons (Fsp3) is 0.700. The molecule has 0 aromatic rings. The van der Waals surface area contributed by atoms with Gasteiger partial charge in [-0.15, -0.1) is 0 Å². The second kappa shape index (κ2) is 5.48. The quantitative estimate of drug-likeness (QED) is 0.630. The summed E-state index contributed by atoms with van der Waals surface area (Å²) >= 11 is 0. The zero-order valence-electron chi connectivity index (χ0n) is 9.58. The molecule has 0 bridgehead atoms. The van der Waals surface area contributed by atoms with E-state index in [2.05, 4.69) is 10.6 Å². The first-order valence-corrected chi connectivity index (χ1v) is 5.27. The van der Waals surface area contributed by atoms with E-state index >= 15 is 0 Å². The number of hydrogen-bond acceptors (Lipinski definition) is 3. The lowest BCUT2D eigenvalue weighted by Crippen LogP contribution is -2.46. The van der Waals surface area contributed by atoms with Gasteiger partial charge in [-0.1, -0.05) is 0 Å². The second-order valence-electron chi connectivity index (χ2n) is 3.91. The van der Waals surface area contributed by atoms with Gasteiger partial charge in [0.15, 0.2) is 0 Å². The average molecular weight is 227 g/mol. The SMILES string of the molecule is CNC(=O)CN(C)C(=O)C1CCC(=O)NC1. The monoisotopic (exact) mass is 227 g/mol. The van der Waals surface area contributed by atoms with Crippen LogP contribution in [0.3, 0.4) is 0 Å². The summed E-state index contributed by atoms with van der Waals surface area (Å²) in [5.41, 5.74) is 0. The van der Waals surface area contributed by atoms with Crippen molar-refractivity contribution in [1.82, 2.24) is 15.5 Å². The van der Waals surface area contributed by atoms with Gasteiger partial charge in [0.25, 0.3) is 0 Å². The molecule has 0 saturated carbocycles. The van der Waals surface area contributed by atoms with Crippen LogP contribution in [0.1, 0.15) is 12.8 Å². The number of carbonyl (C=O) groups excluding carboxylic acids is 3. The Bertz CT molecular complexity index is 294. The van der Waals surface area contributed by atoms with Gasteiger partial charge in [-0.2, -0.15) is 0 Å². The predicted octanol–water partition coefficient (Wildman–Crippen LogP) is -1.28. The maximum Gasteiger partial charge on any atom is 0.239 e. The van der Waals surface area contributed by atoms with Gasteiger partial charge < -0.3 is 15.5 Å². The number of rotatable bonds is 3. The van der Waals surface area contributed by atoms with Gasteiger partial charge in [0, 0.05) is 27.1 Å². The number of nitrogens with one attached hydrogen (secondary N) is 2. The van der Waals surface area contributed by atoms with Crippen LogP contribution >= 0.6 is 0 Å². The van der Waals surface area contributed by atoms with Gasteiger partial charge in [-0.25, -0.2) is 0 Å². The lowest BCUT2D eigenvalue weighted by atomic mass is 9.98. The third-order valence-corrected chi connectivity index (χ3v) is 2.65. The Morgan fingerprint density at radius 3 is 2.75 bits per heavy atom. The number of likely N-dealkylation sites (N-methyl/N-ethyl adjacent to an activating group) is 2. The Balaban J connectivity index is 2.44. The molecule has 1 rings (SSSR count). The summed E-state index contributed by atoms with van der Waals surface area (Å²) in [6.07, 6.45) is 0.937. The van der Waals surface area contributed by atoms with Crippen molar-refractivity contribution in [3.05, 3.63) is 0 Å². The maximum absolute atomic E-state index is 11.9. The van der Waals surface area contributed by atoms with Gasteiger partial charge in [-0.05, 0) is 6.42 Å².